The molecule has 0 aliphatic heterocycles. The Morgan fingerprint density at radius 3 is 2.44 bits per heavy atom. The van der Waals surface area contributed by atoms with Crippen molar-refractivity contribution in [3.63, 3.8) is 0 Å². The second-order valence-electron chi connectivity index (χ2n) is 7.89. The highest BCUT2D eigenvalue weighted by Gasteiger charge is 2.21. The molecule has 4 rings (SSSR count). The third kappa shape index (κ3) is 4.98. The molecule has 1 N–H and O–H groups in total. The maximum absolute atomic E-state index is 13.0. The Balaban J connectivity index is 1.66. The van der Waals surface area contributed by atoms with Gasteiger partial charge in [-0.25, -0.2) is 9.78 Å². The second-order valence-corrected chi connectivity index (χ2v) is 9.27. The van der Waals surface area contributed by atoms with Gasteiger partial charge in [-0.3, -0.25) is 18.7 Å². The Labute approximate surface area is 215 Å². The quantitative estimate of drug-likeness (QED) is 0.349. The average molecular weight is 530 g/mol. The number of aryl methyl sites for hydroxylation is 1. The van der Waals surface area contributed by atoms with Gasteiger partial charge in [0.05, 0.1) is 32.2 Å². The van der Waals surface area contributed by atoms with Gasteiger partial charge in [0.25, 0.3) is 5.56 Å². The van der Waals surface area contributed by atoms with E-state index in [1.165, 1.54) is 18.7 Å². The van der Waals surface area contributed by atoms with Crippen LogP contribution < -0.4 is 26.0 Å². The number of hydrogen-bond acceptors (Lipinski definition) is 7. The van der Waals surface area contributed by atoms with E-state index >= 15 is 0 Å². The van der Waals surface area contributed by atoms with Crippen molar-refractivity contribution in [1.82, 2.24) is 18.7 Å². The molecule has 0 saturated carbocycles. The molecule has 0 radical (unpaired) electrons. The van der Waals surface area contributed by atoms with E-state index in [-0.39, 0.29) is 22.8 Å². The van der Waals surface area contributed by atoms with Crippen LogP contribution in [0.15, 0.2) is 57.2 Å². The third-order valence-electron chi connectivity index (χ3n) is 5.58. The number of nitrogens with one attached hydrogen (secondary N) is 1. The lowest BCUT2D eigenvalue weighted by Gasteiger charge is -2.12. The lowest BCUT2D eigenvalue weighted by Crippen LogP contribution is -2.37. The van der Waals surface area contributed by atoms with Gasteiger partial charge >= 0.3 is 5.69 Å². The predicted octanol–water partition coefficient (Wildman–Crippen LogP) is 2.88. The molecule has 36 heavy (non-hydrogen) atoms. The summed E-state index contributed by atoms with van der Waals surface area (Å²) in [5, 5.41) is 3.84. The van der Waals surface area contributed by atoms with Crippen molar-refractivity contribution in [1.29, 1.82) is 0 Å². The van der Waals surface area contributed by atoms with Crippen molar-refractivity contribution in [3.05, 3.63) is 73.9 Å². The predicted molar refractivity (Wildman–Crippen MR) is 140 cm³/mol. The summed E-state index contributed by atoms with van der Waals surface area (Å²) < 4.78 is 14.6. The minimum atomic E-state index is -0.482. The van der Waals surface area contributed by atoms with Gasteiger partial charge in [0.1, 0.15) is 11.5 Å². The highest BCUT2D eigenvalue weighted by Crippen LogP contribution is 2.30. The number of nitrogens with zero attached hydrogens (tertiary/aromatic N) is 4. The summed E-state index contributed by atoms with van der Waals surface area (Å²) >= 11 is 7.18. The minimum Gasteiger partial charge on any atom is -0.497 e. The fraction of sp³-hybridized carbons (Fsp3) is 0.250. The molecular weight excluding hydrogens is 506 g/mol. The van der Waals surface area contributed by atoms with Gasteiger partial charge in [0.2, 0.25) is 5.91 Å². The first-order valence-corrected chi connectivity index (χ1v) is 12.1. The van der Waals surface area contributed by atoms with Crippen molar-refractivity contribution >= 4 is 46.1 Å². The number of halogens is 1. The first kappa shape index (κ1) is 25.4. The largest absolute Gasteiger partial charge is 0.497 e. The monoisotopic (exact) mass is 529 g/mol. The number of benzene rings is 2. The molecule has 0 aliphatic rings. The van der Waals surface area contributed by atoms with E-state index < -0.39 is 11.2 Å². The number of hydrogen-bond donors (Lipinski definition) is 1. The van der Waals surface area contributed by atoms with E-state index in [4.69, 9.17) is 21.1 Å². The number of ether oxygens (including phenoxy) is 2. The number of fused-ring (bicyclic) bond motifs is 1. The molecule has 0 spiro atoms. The highest BCUT2D eigenvalue weighted by atomic mass is 35.5. The van der Waals surface area contributed by atoms with E-state index in [1.54, 1.807) is 49.1 Å². The van der Waals surface area contributed by atoms with Gasteiger partial charge in [0, 0.05) is 25.2 Å². The normalized spacial score (nSPS) is 11.0. The van der Waals surface area contributed by atoms with Crippen molar-refractivity contribution in [2.75, 3.05) is 25.3 Å². The van der Waals surface area contributed by atoms with E-state index in [1.807, 2.05) is 12.1 Å². The zero-order valence-electron chi connectivity index (χ0n) is 20.1. The Kier molecular flexibility index (Phi) is 7.41. The molecule has 188 valence electrons. The summed E-state index contributed by atoms with van der Waals surface area (Å²) in [6.45, 7) is 0.303. The first-order valence-electron chi connectivity index (χ1n) is 10.8. The molecule has 12 heteroatoms. The maximum Gasteiger partial charge on any atom is 0.332 e. The number of amides is 1. The van der Waals surface area contributed by atoms with Crippen molar-refractivity contribution in [3.8, 4) is 11.5 Å². The summed E-state index contributed by atoms with van der Waals surface area (Å²) in [4.78, 5) is 42.8. The molecule has 0 saturated heterocycles. The van der Waals surface area contributed by atoms with Gasteiger partial charge in [-0.2, -0.15) is 0 Å². The molecule has 0 atom stereocenters. The molecule has 0 fully saturated rings. The van der Waals surface area contributed by atoms with Crippen LogP contribution >= 0.6 is 23.4 Å². The molecule has 2 heterocycles. The first-order chi connectivity index (χ1) is 17.2. The smallest absolute Gasteiger partial charge is 0.332 e. The van der Waals surface area contributed by atoms with E-state index in [0.717, 1.165) is 21.9 Å². The molecule has 2 aromatic carbocycles. The number of thioether (sulfide) groups is 1. The second kappa shape index (κ2) is 10.5. The molecule has 1 amide bonds. The van der Waals surface area contributed by atoms with E-state index in [0.29, 0.717) is 33.9 Å². The molecule has 4 aromatic rings. The fourth-order valence-electron chi connectivity index (χ4n) is 3.67. The number of aromatic nitrogens is 4. The average Bonchev–Trinajstić information content (AvgIpc) is 3.24. The van der Waals surface area contributed by atoms with E-state index in [2.05, 4.69) is 10.3 Å². The number of carbonyl (C=O) groups excluding carboxylic acids is 1. The van der Waals surface area contributed by atoms with Gasteiger partial charge in [-0.1, -0.05) is 35.5 Å². The zero-order valence-corrected chi connectivity index (χ0v) is 21.6. The number of carbonyl (C=O) groups is 1. The summed E-state index contributed by atoms with van der Waals surface area (Å²) in [7, 11) is 6.03. The molecule has 2 aromatic heterocycles. The topological polar surface area (TPSA) is 109 Å². The number of methoxy groups -OCH3 is 2. The van der Waals surface area contributed by atoms with Crippen molar-refractivity contribution in [2.24, 2.45) is 14.1 Å². The lowest BCUT2D eigenvalue weighted by molar-refractivity contribution is -0.113. The van der Waals surface area contributed by atoms with Gasteiger partial charge in [-0.05, 0) is 29.8 Å². The van der Waals surface area contributed by atoms with Gasteiger partial charge < -0.3 is 19.4 Å². The van der Waals surface area contributed by atoms with Crippen molar-refractivity contribution in [2.45, 2.75) is 11.7 Å². The zero-order chi connectivity index (χ0) is 26.0. The Morgan fingerprint density at radius 2 is 1.78 bits per heavy atom. The summed E-state index contributed by atoms with van der Waals surface area (Å²) in [5.74, 6) is 0.770. The Morgan fingerprint density at radius 1 is 1.06 bits per heavy atom. The molecule has 0 aliphatic carbocycles. The van der Waals surface area contributed by atoms with Crippen LogP contribution in [-0.4, -0.2) is 44.6 Å². The van der Waals surface area contributed by atoms with Crippen LogP contribution in [0.2, 0.25) is 5.02 Å². The lowest BCUT2D eigenvalue weighted by atomic mass is 10.2. The molecular formula is C24H24ClN5O5S. The summed E-state index contributed by atoms with van der Waals surface area (Å²) in [6.07, 6.45) is 0. The SMILES string of the molecule is COc1ccc(NC(=O)CSc2nc3c(c(=O)n(C)c(=O)n3C)n2Cc2ccc(Cl)cc2)c(OC)c1. The third-order valence-corrected chi connectivity index (χ3v) is 6.81. The maximum atomic E-state index is 13.0. The summed E-state index contributed by atoms with van der Waals surface area (Å²) in [5.41, 5.74) is 0.947. The van der Waals surface area contributed by atoms with Gasteiger partial charge in [-0.15, -0.1) is 0 Å². The fourth-order valence-corrected chi connectivity index (χ4v) is 4.60. The summed E-state index contributed by atoms with van der Waals surface area (Å²) in [6, 6.07) is 12.3. The molecule has 10 nitrogen and oxygen atoms in total. The Bertz CT molecular complexity index is 1560. The van der Waals surface area contributed by atoms with Crippen LogP contribution in [0.5, 0.6) is 11.5 Å². The van der Waals surface area contributed by atoms with Crippen LogP contribution in [0.25, 0.3) is 11.2 Å². The number of rotatable bonds is 8. The van der Waals surface area contributed by atoms with Crippen LogP contribution in [0.4, 0.5) is 5.69 Å². The molecule has 0 bridgehead atoms. The van der Waals surface area contributed by atoms with Gasteiger partial charge in [0.15, 0.2) is 16.3 Å². The van der Waals surface area contributed by atoms with Crippen molar-refractivity contribution < 1.29 is 14.3 Å². The number of imidazole rings is 1. The van der Waals surface area contributed by atoms with Crippen LogP contribution in [0, 0.1) is 0 Å². The van der Waals surface area contributed by atoms with E-state index in [9.17, 15) is 14.4 Å². The minimum absolute atomic E-state index is 0.00733. The number of anilines is 1. The molecule has 0 unspecified atom stereocenters. The standard InChI is InChI=1S/C24H24ClN5O5S/c1-28-21-20(22(32)29(2)24(28)33)30(12-14-5-7-15(25)8-6-14)23(27-21)36-13-19(31)26-17-10-9-16(34-3)11-18(17)35-4/h5-11H,12-13H2,1-4H3,(H,26,31). The van der Waals surface area contributed by atoms with Crippen LogP contribution in [0.3, 0.4) is 0 Å². The van der Waals surface area contributed by atoms with Crippen LogP contribution in [0.1, 0.15) is 5.56 Å². The Hall–Kier alpha value is -3.70. The van der Waals surface area contributed by atoms with Crippen LogP contribution in [-0.2, 0) is 25.4 Å². The highest BCUT2D eigenvalue weighted by molar-refractivity contribution is 7.99.